The first-order chi connectivity index (χ1) is 45.9. The van der Waals surface area contributed by atoms with Crippen molar-refractivity contribution in [3.63, 3.8) is 0 Å². The molecule has 0 unspecified atom stereocenters. The summed E-state index contributed by atoms with van der Waals surface area (Å²) in [6.07, 6.45) is 26.0. The molecule has 0 radical (unpaired) electrons. The second-order valence-corrected chi connectivity index (χ2v) is 44.7. The Hall–Kier alpha value is -4.90. The Balaban J connectivity index is 0.000000179. The average molecular weight is 1560 g/mol. The fraction of sp³-hybridized carbons (Fsp3) is 0.450. The second-order valence-electron chi connectivity index (χ2n) is 25.9. The van der Waals surface area contributed by atoms with Gasteiger partial charge in [-0.15, -0.1) is 22.7 Å². The van der Waals surface area contributed by atoms with Crippen molar-refractivity contribution < 1.29 is 19.2 Å². The number of anilines is 4. The van der Waals surface area contributed by atoms with Crippen LogP contribution in [0.3, 0.4) is 0 Å². The summed E-state index contributed by atoms with van der Waals surface area (Å²) >= 11 is 10.6. The van der Waals surface area contributed by atoms with Gasteiger partial charge in [-0.2, -0.15) is 0 Å². The number of fused-ring (bicyclic) bond motifs is 4. The van der Waals surface area contributed by atoms with E-state index in [-0.39, 0.29) is 23.6 Å². The molecule has 14 heteroatoms. The van der Waals surface area contributed by atoms with E-state index in [9.17, 15) is 19.2 Å². The number of hydrogen-bond acceptors (Lipinski definition) is 7. The fourth-order valence-electron chi connectivity index (χ4n) is 14.0. The summed E-state index contributed by atoms with van der Waals surface area (Å²) in [4.78, 5) is 66.3. The average Bonchev–Trinajstić information content (AvgIpc) is 1.57. The van der Waals surface area contributed by atoms with Crippen molar-refractivity contribution in [3.05, 3.63) is 157 Å². The number of benzene rings is 4. The number of amides is 4. The van der Waals surface area contributed by atoms with Crippen LogP contribution >= 0.6 is 65.9 Å². The summed E-state index contributed by atoms with van der Waals surface area (Å²) in [5.41, 5.74) is 11.5. The van der Waals surface area contributed by atoms with Crippen LogP contribution in [-0.4, -0.2) is 68.2 Å². The van der Waals surface area contributed by atoms with E-state index in [0.717, 1.165) is 168 Å². The third-order valence-electron chi connectivity index (χ3n) is 19.1. The number of thiophene rings is 3. The van der Waals surface area contributed by atoms with E-state index in [2.05, 4.69) is 181 Å². The predicted molar refractivity (Wildman–Crippen MR) is 416 cm³/mol. The van der Waals surface area contributed by atoms with Crippen molar-refractivity contribution in [3.8, 4) is 20.9 Å². The third-order valence-corrected chi connectivity index (χ3v) is 41.2. The first-order valence-corrected chi connectivity index (χ1v) is 47.4. The molecule has 94 heavy (non-hydrogen) atoms. The third kappa shape index (κ3) is 17.3. The van der Waals surface area contributed by atoms with Gasteiger partial charge in [0.15, 0.2) is 0 Å². The minimum atomic E-state index is -2.01. The van der Waals surface area contributed by atoms with Gasteiger partial charge in [-0.1, -0.05) is 185 Å². The summed E-state index contributed by atoms with van der Waals surface area (Å²) < 4.78 is 8.54. The number of hydrogen-bond donors (Lipinski definition) is 0. The number of carbonyl (C=O) groups excluding carboxylic acids is 4. The van der Waals surface area contributed by atoms with Crippen molar-refractivity contribution in [2.24, 2.45) is 0 Å². The van der Waals surface area contributed by atoms with Crippen LogP contribution in [0.1, 0.15) is 212 Å². The number of carbonyl (C=O) groups is 4. The van der Waals surface area contributed by atoms with E-state index in [4.69, 9.17) is 0 Å². The molecule has 4 aromatic carbocycles. The summed E-state index contributed by atoms with van der Waals surface area (Å²) in [7, 11) is 0. The molecule has 0 spiro atoms. The zero-order valence-corrected chi connectivity index (χ0v) is 65.5. The van der Waals surface area contributed by atoms with Crippen LogP contribution in [0.25, 0.3) is 43.2 Å². The number of rotatable bonds is 32. The van der Waals surface area contributed by atoms with Crippen LogP contribution in [0, 0.1) is 0 Å². The van der Waals surface area contributed by atoms with E-state index in [1.54, 1.807) is 36.0 Å². The van der Waals surface area contributed by atoms with Gasteiger partial charge in [-0.3, -0.25) is 19.2 Å². The first-order valence-electron chi connectivity index (χ1n) is 35.6. The maximum atomic E-state index is 14.3. The molecule has 0 aliphatic carbocycles. The minimum absolute atomic E-state index is 0.0469. The van der Waals surface area contributed by atoms with Crippen LogP contribution in [0.4, 0.5) is 22.7 Å². The topological polar surface area (TPSA) is 81.2 Å². The van der Waals surface area contributed by atoms with E-state index in [1.165, 1.54) is 48.3 Å². The Kier molecular flexibility index (Phi) is 28.6. The predicted octanol–water partition coefficient (Wildman–Crippen LogP) is 23.7. The molecule has 0 atom stereocenters. The van der Waals surface area contributed by atoms with Gasteiger partial charge < -0.3 is 19.6 Å². The van der Waals surface area contributed by atoms with Gasteiger partial charge in [0, 0.05) is 67.1 Å². The molecular formula is C80H100Br2N4O4S3Sn. The molecule has 4 aliphatic rings. The Bertz CT molecular complexity index is 3480. The van der Waals surface area contributed by atoms with Crippen molar-refractivity contribution >= 4 is 156 Å². The Morgan fingerprint density at radius 2 is 0.628 bits per heavy atom. The van der Waals surface area contributed by atoms with Crippen LogP contribution in [0.2, 0.25) is 13.3 Å². The molecular weight excluding hydrogens is 1460 g/mol. The molecule has 0 bridgehead atoms. The first kappa shape index (κ1) is 73.3. The van der Waals surface area contributed by atoms with Crippen molar-refractivity contribution in [2.45, 2.75) is 203 Å². The fourth-order valence-corrected chi connectivity index (χ4v) is 35.9. The van der Waals surface area contributed by atoms with Crippen molar-refractivity contribution in [2.75, 3.05) is 45.8 Å². The molecule has 0 N–H and O–H groups in total. The van der Waals surface area contributed by atoms with Gasteiger partial charge in [-0.25, -0.2) is 0 Å². The molecule has 8 nitrogen and oxygen atoms in total. The van der Waals surface area contributed by atoms with Gasteiger partial charge in [-0.05, 0) is 96.1 Å². The summed E-state index contributed by atoms with van der Waals surface area (Å²) in [5.74, 6) is -0.215. The molecule has 7 aromatic rings. The molecule has 4 aliphatic heterocycles. The van der Waals surface area contributed by atoms with Crippen LogP contribution in [-0.2, 0) is 19.2 Å². The molecule has 0 saturated heterocycles. The Morgan fingerprint density at radius 1 is 0.330 bits per heavy atom. The van der Waals surface area contributed by atoms with Crippen LogP contribution in [0.5, 0.6) is 0 Å². The Morgan fingerprint density at radius 3 is 0.915 bits per heavy atom. The van der Waals surface area contributed by atoms with Gasteiger partial charge in [0.2, 0.25) is 0 Å². The van der Waals surface area contributed by atoms with Crippen LogP contribution in [0.15, 0.2) is 134 Å². The zero-order chi connectivity index (χ0) is 66.6. The normalized spacial score (nSPS) is 15.6. The van der Waals surface area contributed by atoms with Gasteiger partial charge >= 0.3 is 123 Å². The second kappa shape index (κ2) is 36.6. The number of nitrogens with zero attached hydrogens (tertiary/aromatic N) is 4. The number of unbranched alkanes of at least 4 members (excludes halogenated alkanes) is 15. The maximum absolute atomic E-state index is 14.3. The summed E-state index contributed by atoms with van der Waals surface area (Å²) in [5, 5.41) is 6.47. The van der Waals surface area contributed by atoms with Gasteiger partial charge in [0.1, 0.15) is 0 Å². The zero-order valence-electron chi connectivity index (χ0n) is 57.0. The number of halogens is 2. The van der Waals surface area contributed by atoms with Gasteiger partial charge in [0.25, 0.3) is 23.6 Å². The van der Waals surface area contributed by atoms with E-state index >= 15 is 0 Å². The van der Waals surface area contributed by atoms with Crippen molar-refractivity contribution in [1.29, 1.82) is 0 Å². The van der Waals surface area contributed by atoms with Crippen LogP contribution < -0.4 is 22.5 Å². The SMILES string of the molecule is CCCCCCN1C(=O)/C(=C2/C(=O)N(CCCCCC)c3cc(-c4cccs4)ccc32)c2ccc(-c3cccs3)cc21.CCCCCCN1C(=O)/C(=C2/C(=O)N(CCCCCC)c3cc(Br)ccc32)c2ccc(Br)cc21.CCC[CH2][Sn]([CH2]CCC)([CH2]CCC)[c]1cccs1. The van der Waals surface area contributed by atoms with Gasteiger partial charge in [0.05, 0.1) is 45.0 Å². The van der Waals surface area contributed by atoms with Crippen molar-refractivity contribution in [1.82, 2.24) is 0 Å². The Labute approximate surface area is 595 Å². The molecule has 3 aromatic heterocycles. The quantitative estimate of drug-likeness (QED) is 0.0239. The van der Waals surface area contributed by atoms with E-state index in [0.29, 0.717) is 48.5 Å². The monoisotopic (exact) mass is 1550 g/mol. The van der Waals surface area contributed by atoms with E-state index in [1.807, 2.05) is 58.9 Å². The molecule has 500 valence electrons. The molecule has 11 rings (SSSR count). The summed E-state index contributed by atoms with van der Waals surface area (Å²) in [6, 6.07) is 37.6. The molecule has 0 fully saturated rings. The summed E-state index contributed by atoms with van der Waals surface area (Å²) in [6.45, 7) is 18.5. The standard InChI is InChI=1S/C36H38N2O2S2.C28H32Br2N2O2.C4H3S.3C4H9.Sn/c1-3-5-7-9-19-37-29-23-25(31-13-11-21-41-31)15-17-27(29)33(35(37)39)34-28-18-16-26(32-14-12-22-42-32)24-30(28)38(36(34)40)20-10-8-6-4-2;1-3-5-7-9-15-31-23-17-19(29)11-13-21(23)25(27(31)33)26-22-14-12-20(30)18-24(22)32(28(26)34)16-10-8-6-4-2;1-2-4-5-3-1;3*1-3-4-2;/h11-18,21-24H,3-10,19-20H2,1-2H3;11-14,17-18H,3-10,15-16H2,1-2H3;1-3H;3*1,3-4H2,2H3;/b34-33+;26-25+;;;;;. The molecule has 0 saturated carbocycles. The van der Waals surface area contributed by atoms with E-state index < -0.39 is 18.4 Å². The molecule has 7 heterocycles. The molecule has 4 amide bonds.